The number of carbonyl (C=O) groups excluding carboxylic acids is 1. The van der Waals surface area contributed by atoms with E-state index in [9.17, 15) is 13.2 Å². The zero-order valence-corrected chi connectivity index (χ0v) is 13.6. The van der Waals surface area contributed by atoms with Crippen molar-refractivity contribution in [2.24, 2.45) is 0 Å². The molecular weight excluding hydrogens is 304 g/mol. The van der Waals surface area contributed by atoms with E-state index in [1.807, 2.05) is 20.8 Å². The van der Waals surface area contributed by atoms with E-state index in [0.29, 0.717) is 19.5 Å². The molecule has 1 amide bonds. The standard InChI is InChI=1S/C11H16N2O2.CH3ClO2S/c1-11(2,3)15-10(14)13-6-4-9(8-12)5-7-13;1-5(2,3)4/h4H,5-7H2,1-3H3;1H3. The van der Waals surface area contributed by atoms with Gasteiger partial charge >= 0.3 is 6.09 Å². The molecule has 0 aromatic rings. The van der Waals surface area contributed by atoms with Crippen molar-refractivity contribution in [2.45, 2.75) is 32.8 Å². The molecule has 0 saturated heterocycles. The number of hydrogen-bond donors (Lipinski definition) is 0. The maximum absolute atomic E-state index is 11.6. The summed E-state index contributed by atoms with van der Waals surface area (Å²) in [6.07, 6.45) is 3.01. The van der Waals surface area contributed by atoms with Crippen LogP contribution in [0.2, 0.25) is 0 Å². The Bertz CT molecular complexity index is 507. The van der Waals surface area contributed by atoms with Gasteiger partial charge in [-0.2, -0.15) is 5.26 Å². The van der Waals surface area contributed by atoms with Crippen molar-refractivity contribution in [3.63, 3.8) is 0 Å². The van der Waals surface area contributed by atoms with Gasteiger partial charge in [-0.1, -0.05) is 6.08 Å². The van der Waals surface area contributed by atoms with Gasteiger partial charge in [-0.3, -0.25) is 0 Å². The van der Waals surface area contributed by atoms with Crippen LogP contribution in [0.25, 0.3) is 0 Å². The van der Waals surface area contributed by atoms with Gasteiger partial charge < -0.3 is 9.64 Å². The first-order valence-electron chi connectivity index (χ1n) is 5.89. The van der Waals surface area contributed by atoms with Gasteiger partial charge in [0.05, 0.1) is 12.3 Å². The zero-order valence-electron chi connectivity index (χ0n) is 12.0. The van der Waals surface area contributed by atoms with E-state index < -0.39 is 14.7 Å². The molecule has 1 aliphatic heterocycles. The van der Waals surface area contributed by atoms with E-state index in [2.05, 4.69) is 16.8 Å². The normalized spacial score (nSPS) is 15.4. The number of carbonyl (C=O) groups is 1. The number of nitriles is 1. The van der Waals surface area contributed by atoms with Gasteiger partial charge in [0, 0.05) is 29.3 Å². The Labute approximate surface area is 124 Å². The maximum atomic E-state index is 11.6. The quantitative estimate of drug-likeness (QED) is 0.638. The summed E-state index contributed by atoms with van der Waals surface area (Å²) in [4.78, 5) is 13.2. The predicted molar refractivity (Wildman–Crippen MR) is 76.8 cm³/mol. The molecule has 20 heavy (non-hydrogen) atoms. The third-order valence-electron chi connectivity index (χ3n) is 2.00. The number of rotatable bonds is 0. The molecule has 0 bridgehead atoms. The molecule has 0 spiro atoms. The highest BCUT2D eigenvalue weighted by Crippen LogP contribution is 2.14. The van der Waals surface area contributed by atoms with Crippen LogP contribution in [-0.4, -0.2) is 44.4 Å². The molecule has 0 aromatic heterocycles. The Morgan fingerprint density at radius 1 is 1.50 bits per heavy atom. The van der Waals surface area contributed by atoms with Crippen molar-refractivity contribution in [1.82, 2.24) is 4.90 Å². The van der Waals surface area contributed by atoms with Crippen LogP contribution in [0.3, 0.4) is 0 Å². The van der Waals surface area contributed by atoms with Crippen LogP contribution in [0.4, 0.5) is 4.79 Å². The van der Waals surface area contributed by atoms with Gasteiger partial charge in [-0.15, -0.1) is 0 Å². The second-order valence-corrected chi connectivity index (χ2v) is 8.24. The highest BCUT2D eigenvalue weighted by Gasteiger charge is 2.23. The molecule has 1 heterocycles. The summed E-state index contributed by atoms with van der Waals surface area (Å²) in [6.45, 7) is 6.55. The Kier molecular flexibility index (Phi) is 7.03. The average molecular weight is 323 g/mol. The lowest BCUT2D eigenvalue weighted by molar-refractivity contribution is 0.0267. The van der Waals surface area contributed by atoms with Crippen LogP contribution < -0.4 is 0 Å². The summed E-state index contributed by atoms with van der Waals surface area (Å²) in [6, 6.07) is 2.09. The Morgan fingerprint density at radius 2 is 2.00 bits per heavy atom. The fraction of sp³-hybridized carbons (Fsp3) is 0.667. The molecular formula is C12H19ClN2O4S. The molecule has 1 aliphatic rings. The Hall–Kier alpha value is -1.26. The van der Waals surface area contributed by atoms with E-state index in [1.165, 1.54) is 0 Å². The molecule has 0 atom stereocenters. The van der Waals surface area contributed by atoms with Gasteiger partial charge in [0.1, 0.15) is 5.60 Å². The third-order valence-corrected chi connectivity index (χ3v) is 2.00. The smallest absolute Gasteiger partial charge is 0.410 e. The minimum atomic E-state index is -3.19. The second-order valence-electron chi connectivity index (χ2n) is 5.20. The van der Waals surface area contributed by atoms with Crippen molar-refractivity contribution in [3.8, 4) is 6.07 Å². The first-order chi connectivity index (χ1) is 8.92. The van der Waals surface area contributed by atoms with E-state index in [-0.39, 0.29) is 6.09 Å². The molecule has 1 rings (SSSR count). The molecule has 0 fully saturated rings. The molecule has 0 N–H and O–H groups in total. The van der Waals surface area contributed by atoms with Gasteiger partial charge in [0.2, 0.25) is 9.05 Å². The van der Waals surface area contributed by atoms with Crippen LogP contribution in [0.1, 0.15) is 27.2 Å². The van der Waals surface area contributed by atoms with Crippen molar-refractivity contribution in [2.75, 3.05) is 19.3 Å². The van der Waals surface area contributed by atoms with Crippen molar-refractivity contribution in [1.29, 1.82) is 5.26 Å². The summed E-state index contributed by atoms with van der Waals surface area (Å²) in [5.41, 5.74) is 0.283. The minimum Gasteiger partial charge on any atom is -0.444 e. The van der Waals surface area contributed by atoms with Crippen molar-refractivity contribution in [3.05, 3.63) is 11.6 Å². The van der Waals surface area contributed by atoms with E-state index in [1.54, 1.807) is 11.0 Å². The predicted octanol–water partition coefficient (Wildman–Crippen LogP) is 2.26. The minimum absolute atomic E-state index is 0.310. The number of hydrogen-bond acceptors (Lipinski definition) is 5. The van der Waals surface area contributed by atoms with Gasteiger partial charge in [0.25, 0.3) is 0 Å². The SMILES string of the molecule is CC(C)(C)OC(=O)N1CC=C(C#N)CC1.CS(=O)(=O)Cl. The molecule has 0 aromatic carbocycles. The first-order valence-corrected chi connectivity index (χ1v) is 8.61. The van der Waals surface area contributed by atoms with Crippen molar-refractivity contribution >= 4 is 25.8 Å². The van der Waals surface area contributed by atoms with Crippen LogP contribution in [0, 0.1) is 11.3 Å². The monoisotopic (exact) mass is 322 g/mol. The summed E-state index contributed by atoms with van der Waals surface area (Å²) in [7, 11) is 1.31. The van der Waals surface area contributed by atoms with Crippen LogP contribution in [-0.2, 0) is 13.8 Å². The average Bonchev–Trinajstić information content (AvgIpc) is 2.24. The Balaban J connectivity index is 0.000000621. The lowest BCUT2D eigenvalue weighted by Crippen LogP contribution is -2.39. The molecule has 0 aliphatic carbocycles. The molecule has 0 saturated carbocycles. The largest absolute Gasteiger partial charge is 0.444 e. The summed E-state index contributed by atoms with van der Waals surface area (Å²) >= 11 is 0. The van der Waals surface area contributed by atoms with Crippen molar-refractivity contribution < 1.29 is 17.9 Å². The number of halogens is 1. The molecule has 8 heteroatoms. The number of amides is 1. The van der Waals surface area contributed by atoms with E-state index in [4.69, 9.17) is 10.00 Å². The number of nitrogens with zero attached hydrogens (tertiary/aromatic N) is 2. The highest BCUT2D eigenvalue weighted by molar-refractivity contribution is 8.13. The molecule has 0 unspecified atom stereocenters. The van der Waals surface area contributed by atoms with Gasteiger partial charge in [0.15, 0.2) is 0 Å². The summed E-state index contributed by atoms with van der Waals surface area (Å²) < 4.78 is 24.0. The molecule has 0 radical (unpaired) electrons. The summed E-state index contributed by atoms with van der Waals surface area (Å²) in [5.74, 6) is 0. The summed E-state index contributed by atoms with van der Waals surface area (Å²) in [5, 5.41) is 8.65. The van der Waals surface area contributed by atoms with Crippen LogP contribution in [0.15, 0.2) is 11.6 Å². The lowest BCUT2D eigenvalue weighted by atomic mass is 10.1. The fourth-order valence-corrected chi connectivity index (χ4v) is 1.26. The van der Waals surface area contributed by atoms with Crippen LogP contribution in [0.5, 0.6) is 0 Å². The van der Waals surface area contributed by atoms with Crippen LogP contribution >= 0.6 is 10.7 Å². The van der Waals surface area contributed by atoms with E-state index >= 15 is 0 Å². The fourth-order valence-electron chi connectivity index (χ4n) is 1.26. The molecule has 114 valence electrons. The lowest BCUT2D eigenvalue weighted by Gasteiger charge is -2.28. The third kappa shape index (κ3) is 10.6. The van der Waals surface area contributed by atoms with Gasteiger partial charge in [-0.25, -0.2) is 13.2 Å². The Morgan fingerprint density at radius 3 is 2.30 bits per heavy atom. The topological polar surface area (TPSA) is 87.5 Å². The maximum Gasteiger partial charge on any atom is 0.410 e. The zero-order chi connectivity index (χ0) is 16.0. The molecule has 6 nitrogen and oxygen atoms in total. The second kappa shape index (κ2) is 7.50. The van der Waals surface area contributed by atoms with Gasteiger partial charge in [-0.05, 0) is 27.2 Å². The highest BCUT2D eigenvalue weighted by atomic mass is 35.7. The van der Waals surface area contributed by atoms with E-state index in [0.717, 1.165) is 11.8 Å². The first kappa shape index (κ1) is 18.7. The number of ether oxygens (including phenoxy) is 1.